The monoisotopic (exact) mass is 382 g/mol. The van der Waals surface area contributed by atoms with Crippen LogP contribution in [0.15, 0.2) is 18.2 Å². The number of carbonyl (C=O) groups excluding carboxylic acids is 1. The van der Waals surface area contributed by atoms with Gasteiger partial charge in [0.15, 0.2) is 0 Å². The fourth-order valence-corrected chi connectivity index (χ4v) is 3.42. The standard InChI is InChI=1S/C20H30N2O3.ClH/c1-15-3-6-17(18(11-15)25-13-16-4-5-16)12-22-19(23)20(14-24-2)7-9-21-10-8-20;/h3,6,11,16,21H,4-5,7-10,12-14H2,1-2H3,(H,22,23);1H. The largest absolute Gasteiger partial charge is 0.493 e. The van der Waals surface area contributed by atoms with Crippen molar-refractivity contribution in [3.63, 3.8) is 0 Å². The normalized spacial score (nSPS) is 18.7. The van der Waals surface area contributed by atoms with Crippen LogP contribution in [0.4, 0.5) is 0 Å². The van der Waals surface area contributed by atoms with Gasteiger partial charge in [-0.2, -0.15) is 0 Å². The Morgan fingerprint density at radius 2 is 2.04 bits per heavy atom. The first-order valence-corrected chi connectivity index (χ1v) is 9.33. The molecule has 0 radical (unpaired) electrons. The van der Waals surface area contributed by atoms with Crippen LogP contribution in [0.1, 0.15) is 36.8 Å². The van der Waals surface area contributed by atoms with Crippen molar-refractivity contribution in [1.29, 1.82) is 0 Å². The lowest BCUT2D eigenvalue weighted by Crippen LogP contribution is -2.50. The zero-order valence-electron chi connectivity index (χ0n) is 15.8. The van der Waals surface area contributed by atoms with Gasteiger partial charge in [-0.15, -0.1) is 12.4 Å². The molecule has 1 aromatic rings. The molecule has 1 saturated carbocycles. The number of nitrogens with one attached hydrogen (secondary N) is 2. The zero-order chi connectivity index (χ0) is 17.7. The van der Waals surface area contributed by atoms with Crippen LogP contribution in [-0.4, -0.2) is 39.3 Å². The second kappa shape index (κ2) is 9.58. The first kappa shape index (κ1) is 21.0. The highest BCUT2D eigenvalue weighted by atomic mass is 35.5. The second-order valence-electron chi connectivity index (χ2n) is 7.51. The molecule has 6 heteroatoms. The van der Waals surface area contributed by atoms with E-state index in [4.69, 9.17) is 9.47 Å². The molecule has 3 rings (SSSR count). The summed E-state index contributed by atoms with van der Waals surface area (Å²) in [7, 11) is 1.67. The third kappa shape index (κ3) is 5.35. The number of halogens is 1. The molecule has 1 aliphatic carbocycles. The average Bonchev–Trinajstić information content (AvgIpc) is 3.44. The van der Waals surface area contributed by atoms with Gasteiger partial charge in [-0.3, -0.25) is 4.79 Å². The third-order valence-electron chi connectivity index (χ3n) is 5.30. The maximum atomic E-state index is 12.9. The Hall–Kier alpha value is -1.30. The van der Waals surface area contributed by atoms with Gasteiger partial charge in [0.05, 0.1) is 18.6 Å². The van der Waals surface area contributed by atoms with E-state index in [0.29, 0.717) is 19.1 Å². The highest BCUT2D eigenvalue weighted by molar-refractivity contribution is 5.85. The molecule has 0 bridgehead atoms. The molecule has 1 aliphatic heterocycles. The summed E-state index contributed by atoms with van der Waals surface area (Å²) in [4.78, 5) is 12.9. The molecular weight excluding hydrogens is 352 g/mol. The second-order valence-corrected chi connectivity index (χ2v) is 7.51. The van der Waals surface area contributed by atoms with Crippen LogP contribution in [0.3, 0.4) is 0 Å². The summed E-state index contributed by atoms with van der Waals surface area (Å²) in [6.07, 6.45) is 4.16. The lowest BCUT2D eigenvalue weighted by atomic mass is 9.78. The zero-order valence-corrected chi connectivity index (χ0v) is 16.6. The Labute approximate surface area is 162 Å². The van der Waals surface area contributed by atoms with Gasteiger partial charge in [-0.1, -0.05) is 12.1 Å². The van der Waals surface area contributed by atoms with Crippen LogP contribution in [-0.2, 0) is 16.1 Å². The van der Waals surface area contributed by atoms with Crippen molar-refractivity contribution < 1.29 is 14.3 Å². The first-order valence-electron chi connectivity index (χ1n) is 9.33. The molecule has 0 unspecified atom stereocenters. The van der Waals surface area contributed by atoms with Crippen molar-refractivity contribution in [2.45, 2.75) is 39.2 Å². The summed E-state index contributed by atoms with van der Waals surface area (Å²) in [6.45, 7) is 5.53. The number of ether oxygens (including phenoxy) is 2. The van der Waals surface area contributed by atoms with Gasteiger partial charge in [-0.25, -0.2) is 0 Å². The molecule has 0 atom stereocenters. The van der Waals surface area contributed by atoms with Gasteiger partial charge in [0, 0.05) is 19.2 Å². The Bertz CT molecular complexity index is 593. The Balaban J connectivity index is 0.00000243. The Morgan fingerprint density at radius 3 is 2.69 bits per heavy atom. The number of hydrogen-bond donors (Lipinski definition) is 2. The van der Waals surface area contributed by atoms with Crippen molar-refractivity contribution in [2.75, 3.05) is 33.4 Å². The van der Waals surface area contributed by atoms with Gasteiger partial charge in [-0.05, 0) is 63.2 Å². The summed E-state index contributed by atoms with van der Waals surface area (Å²) in [5.41, 5.74) is 1.80. The SMILES string of the molecule is COCC1(C(=O)NCc2ccc(C)cc2OCC2CC2)CCNCC1.Cl. The maximum Gasteiger partial charge on any atom is 0.228 e. The number of amides is 1. The van der Waals surface area contributed by atoms with E-state index in [-0.39, 0.29) is 18.3 Å². The Kier molecular flexibility index (Phi) is 7.74. The number of benzene rings is 1. The number of rotatable bonds is 8. The van der Waals surface area contributed by atoms with E-state index in [1.54, 1.807) is 7.11 Å². The quantitative estimate of drug-likeness (QED) is 0.725. The van der Waals surface area contributed by atoms with Gasteiger partial charge >= 0.3 is 0 Å². The summed E-state index contributed by atoms with van der Waals surface area (Å²) >= 11 is 0. The van der Waals surface area contributed by atoms with Crippen LogP contribution < -0.4 is 15.4 Å². The molecular formula is C20H31ClN2O3. The molecule has 1 saturated heterocycles. The van der Waals surface area contributed by atoms with E-state index in [1.165, 1.54) is 18.4 Å². The Morgan fingerprint density at radius 1 is 1.31 bits per heavy atom. The number of hydrogen-bond acceptors (Lipinski definition) is 4. The van der Waals surface area contributed by atoms with Gasteiger partial charge in [0.1, 0.15) is 5.75 Å². The van der Waals surface area contributed by atoms with Crippen molar-refractivity contribution in [1.82, 2.24) is 10.6 Å². The van der Waals surface area contributed by atoms with Crippen LogP contribution >= 0.6 is 12.4 Å². The minimum absolute atomic E-state index is 0. The van der Waals surface area contributed by atoms with Crippen LogP contribution in [0, 0.1) is 18.3 Å². The van der Waals surface area contributed by atoms with Crippen molar-refractivity contribution in [3.8, 4) is 5.75 Å². The fraction of sp³-hybridized carbons (Fsp3) is 0.650. The number of aryl methyl sites for hydroxylation is 1. The average molecular weight is 383 g/mol. The van der Waals surface area contributed by atoms with Crippen molar-refractivity contribution >= 4 is 18.3 Å². The van der Waals surface area contributed by atoms with Crippen molar-refractivity contribution in [3.05, 3.63) is 29.3 Å². The van der Waals surface area contributed by atoms with Gasteiger partial charge in [0.25, 0.3) is 0 Å². The van der Waals surface area contributed by atoms with Crippen LogP contribution in [0.25, 0.3) is 0 Å². The van der Waals surface area contributed by atoms with E-state index in [2.05, 4.69) is 35.8 Å². The van der Waals surface area contributed by atoms with Crippen LogP contribution in [0.2, 0.25) is 0 Å². The summed E-state index contributed by atoms with van der Waals surface area (Å²) < 4.78 is 11.4. The maximum absolute atomic E-state index is 12.9. The third-order valence-corrected chi connectivity index (χ3v) is 5.30. The smallest absolute Gasteiger partial charge is 0.228 e. The van der Waals surface area contributed by atoms with E-state index < -0.39 is 5.41 Å². The van der Waals surface area contributed by atoms with Gasteiger partial charge < -0.3 is 20.1 Å². The van der Waals surface area contributed by atoms with E-state index in [1.807, 2.05) is 0 Å². The summed E-state index contributed by atoms with van der Waals surface area (Å²) in [5.74, 6) is 1.70. The molecule has 146 valence electrons. The molecule has 2 N–H and O–H groups in total. The lowest BCUT2D eigenvalue weighted by Gasteiger charge is -2.35. The van der Waals surface area contributed by atoms with E-state index in [0.717, 1.165) is 43.9 Å². The number of carbonyl (C=O) groups is 1. The predicted octanol–water partition coefficient (Wildman–Crippen LogP) is 2.84. The first-order chi connectivity index (χ1) is 12.1. The molecule has 5 nitrogen and oxygen atoms in total. The molecule has 2 aliphatic rings. The fourth-order valence-electron chi connectivity index (χ4n) is 3.42. The molecule has 1 heterocycles. The molecule has 26 heavy (non-hydrogen) atoms. The minimum Gasteiger partial charge on any atom is -0.493 e. The molecule has 1 aromatic carbocycles. The predicted molar refractivity (Wildman–Crippen MR) is 105 cm³/mol. The highest BCUT2D eigenvalue weighted by Gasteiger charge is 2.39. The molecule has 0 aromatic heterocycles. The van der Waals surface area contributed by atoms with E-state index >= 15 is 0 Å². The van der Waals surface area contributed by atoms with Crippen LogP contribution in [0.5, 0.6) is 5.75 Å². The topological polar surface area (TPSA) is 59.6 Å². The van der Waals surface area contributed by atoms with Gasteiger partial charge in [0.2, 0.25) is 5.91 Å². The minimum atomic E-state index is -0.417. The molecule has 2 fully saturated rings. The van der Waals surface area contributed by atoms with E-state index in [9.17, 15) is 4.79 Å². The highest BCUT2D eigenvalue weighted by Crippen LogP contribution is 2.32. The number of piperidine rings is 1. The molecule has 0 spiro atoms. The number of methoxy groups -OCH3 is 1. The summed E-state index contributed by atoms with van der Waals surface area (Å²) in [6, 6.07) is 6.20. The molecule has 1 amide bonds. The lowest BCUT2D eigenvalue weighted by molar-refractivity contribution is -0.136. The summed E-state index contributed by atoms with van der Waals surface area (Å²) in [5, 5.41) is 6.45. The van der Waals surface area contributed by atoms with Crippen molar-refractivity contribution in [2.24, 2.45) is 11.3 Å².